The highest BCUT2D eigenvalue weighted by Gasteiger charge is 2.21. The average Bonchev–Trinajstić information content (AvgIpc) is 2.68. The molecule has 0 fully saturated rings. The van der Waals surface area contributed by atoms with Crippen LogP contribution in [0.3, 0.4) is 0 Å². The van der Waals surface area contributed by atoms with Crippen molar-refractivity contribution in [3.8, 4) is 0 Å². The van der Waals surface area contributed by atoms with E-state index in [0.717, 1.165) is 11.5 Å². The molecule has 0 saturated carbocycles. The van der Waals surface area contributed by atoms with Crippen LogP contribution in [0.4, 0.5) is 0 Å². The number of nitrogens with one attached hydrogen (secondary N) is 1. The Labute approximate surface area is 94.5 Å². The largest absolute Gasteiger partial charge is 0.444 e. The zero-order valence-corrected chi connectivity index (χ0v) is 10.0. The molecule has 0 spiro atoms. The highest BCUT2D eigenvalue weighted by molar-refractivity contribution is 7.94. The summed E-state index contributed by atoms with van der Waals surface area (Å²) in [5.41, 5.74) is 0.867. The summed E-state index contributed by atoms with van der Waals surface area (Å²) < 4.78 is 27.7. The van der Waals surface area contributed by atoms with E-state index in [1.54, 1.807) is 6.08 Å². The molecule has 0 saturated heterocycles. The average molecular weight is 242 g/mol. The van der Waals surface area contributed by atoms with Gasteiger partial charge in [0.2, 0.25) is 5.89 Å². The molecule has 1 N–H and O–H groups in total. The Morgan fingerprint density at radius 3 is 2.81 bits per heavy atom. The number of hydrogen-bond donors (Lipinski definition) is 1. The third-order valence-corrected chi connectivity index (χ3v) is 3.91. The van der Waals surface area contributed by atoms with E-state index >= 15 is 0 Å². The van der Waals surface area contributed by atoms with Crippen LogP contribution in [-0.4, -0.2) is 25.2 Å². The minimum atomic E-state index is -3.00. The van der Waals surface area contributed by atoms with Gasteiger partial charge in [-0.2, -0.15) is 0 Å². The smallest absolute Gasteiger partial charge is 0.208 e. The van der Waals surface area contributed by atoms with E-state index < -0.39 is 9.84 Å². The highest BCUT2D eigenvalue weighted by atomic mass is 32.2. The molecule has 6 heteroatoms. The molecule has 1 aliphatic heterocycles. The van der Waals surface area contributed by atoms with Crippen molar-refractivity contribution >= 4 is 9.84 Å². The van der Waals surface area contributed by atoms with Crippen molar-refractivity contribution in [1.29, 1.82) is 0 Å². The van der Waals surface area contributed by atoms with Crippen LogP contribution in [0, 0.1) is 13.8 Å². The molecule has 0 aliphatic carbocycles. The van der Waals surface area contributed by atoms with Gasteiger partial charge in [0.1, 0.15) is 5.76 Å². The van der Waals surface area contributed by atoms with Gasteiger partial charge in [-0.1, -0.05) is 6.08 Å². The molecular weight excluding hydrogens is 228 g/mol. The molecule has 5 nitrogen and oxygen atoms in total. The maximum atomic E-state index is 11.1. The lowest BCUT2D eigenvalue weighted by Crippen LogP contribution is -2.29. The normalized spacial score (nSPS) is 22.8. The molecule has 1 aromatic heterocycles. The van der Waals surface area contributed by atoms with E-state index in [0.29, 0.717) is 12.4 Å². The Kier molecular flexibility index (Phi) is 2.86. The van der Waals surface area contributed by atoms with Gasteiger partial charge in [0.05, 0.1) is 18.0 Å². The summed E-state index contributed by atoms with van der Waals surface area (Å²) >= 11 is 0. The quantitative estimate of drug-likeness (QED) is 0.844. The lowest BCUT2D eigenvalue weighted by atomic mass is 10.3. The predicted molar refractivity (Wildman–Crippen MR) is 59.5 cm³/mol. The minimum Gasteiger partial charge on any atom is -0.444 e. The monoisotopic (exact) mass is 242 g/mol. The summed E-state index contributed by atoms with van der Waals surface area (Å²) in [6.07, 6.45) is 1.65. The van der Waals surface area contributed by atoms with Crippen molar-refractivity contribution in [3.63, 3.8) is 0 Å². The first-order valence-corrected chi connectivity index (χ1v) is 6.75. The number of nitrogens with zero attached hydrogens (tertiary/aromatic N) is 1. The van der Waals surface area contributed by atoms with Crippen LogP contribution in [0.1, 0.15) is 17.3 Å². The molecule has 1 unspecified atom stereocenters. The lowest BCUT2D eigenvalue weighted by Gasteiger charge is -2.06. The summed E-state index contributed by atoms with van der Waals surface area (Å²) in [6.45, 7) is 4.17. The SMILES string of the molecule is Cc1nc(CNC2C=CS(=O)(=O)C2)oc1C. The molecule has 0 aromatic carbocycles. The molecule has 0 radical (unpaired) electrons. The summed E-state index contributed by atoms with van der Waals surface area (Å²) in [5, 5.41) is 4.32. The molecule has 0 amide bonds. The summed E-state index contributed by atoms with van der Waals surface area (Å²) in [6, 6.07) is -0.141. The van der Waals surface area contributed by atoms with E-state index in [1.165, 1.54) is 5.41 Å². The van der Waals surface area contributed by atoms with Crippen molar-refractivity contribution in [3.05, 3.63) is 28.8 Å². The summed E-state index contributed by atoms with van der Waals surface area (Å²) in [5.74, 6) is 1.50. The van der Waals surface area contributed by atoms with Gasteiger partial charge in [-0.25, -0.2) is 13.4 Å². The Balaban J connectivity index is 1.92. The maximum Gasteiger partial charge on any atom is 0.208 e. The summed E-state index contributed by atoms with van der Waals surface area (Å²) in [4.78, 5) is 4.20. The van der Waals surface area contributed by atoms with E-state index in [1.807, 2.05) is 13.8 Å². The molecule has 88 valence electrons. The number of sulfone groups is 1. The second-order valence-corrected chi connectivity index (χ2v) is 5.83. The van der Waals surface area contributed by atoms with Gasteiger partial charge in [-0.15, -0.1) is 0 Å². The fourth-order valence-electron chi connectivity index (χ4n) is 1.54. The van der Waals surface area contributed by atoms with Gasteiger partial charge >= 0.3 is 0 Å². The van der Waals surface area contributed by atoms with Gasteiger partial charge in [-0.3, -0.25) is 0 Å². The Morgan fingerprint density at radius 1 is 1.56 bits per heavy atom. The molecule has 2 rings (SSSR count). The van der Waals surface area contributed by atoms with Gasteiger partial charge in [0.25, 0.3) is 0 Å². The number of aryl methyl sites for hydroxylation is 2. The molecule has 1 aliphatic rings. The zero-order valence-electron chi connectivity index (χ0n) is 9.23. The third kappa shape index (κ3) is 2.51. The van der Waals surface area contributed by atoms with Crippen LogP contribution in [0.15, 0.2) is 15.9 Å². The van der Waals surface area contributed by atoms with Crippen molar-refractivity contribution in [1.82, 2.24) is 10.3 Å². The first-order valence-electron chi connectivity index (χ1n) is 5.03. The molecule has 1 aromatic rings. The minimum absolute atomic E-state index is 0.117. The van der Waals surface area contributed by atoms with Crippen LogP contribution in [0.25, 0.3) is 0 Å². The number of aromatic nitrogens is 1. The van der Waals surface area contributed by atoms with Crippen molar-refractivity contribution < 1.29 is 12.8 Å². The first kappa shape index (κ1) is 11.3. The highest BCUT2D eigenvalue weighted by Crippen LogP contribution is 2.11. The fraction of sp³-hybridized carbons (Fsp3) is 0.500. The van der Waals surface area contributed by atoms with Crippen LogP contribution >= 0.6 is 0 Å². The molecule has 16 heavy (non-hydrogen) atoms. The van der Waals surface area contributed by atoms with E-state index in [4.69, 9.17) is 4.42 Å². The Hall–Kier alpha value is -1.14. The predicted octanol–water partition coefficient (Wildman–Crippen LogP) is 0.692. The van der Waals surface area contributed by atoms with Crippen molar-refractivity contribution in [2.24, 2.45) is 0 Å². The number of hydrogen-bond acceptors (Lipinski definition) is 5. The van der Waals surface area contributed by atoms with Gasteiger partial charge in [0, 0.05) is 11.4 Å². The summed E-state index contributed by atoms with van der Waals surface area (Å²) in [7, 11) is -3.00. The molecule has 0 bridgehead atoms. The molecule has 1 atom stereocenters. The van der Waals surface area contributed by atoms with E-state index in [2.05, 4.69) is 10.3 Å². The zero-order chi connectivity index (χ0) is 11.8. The Bertz CT molecular complexity index is 497. The van der Waals surface area contributed by atoms with Crippen molar-refractivity contribution in [2.45, 2.75) is 26.4 Å². The molecular formula is C10H14N2O3S. The number of rotatable bonds is 3. The van der Waals surface area contributed by atoms with Crippen LogP contribution in [-0.2, 0) is 16.4 Å². The second-order valence-electron chi connectivity index (χ2n) is 3.89. The number of oxazole rings is 1. The standard InChI is InChI=1S/C10H14N2O3S/c1-7-8(2)15-10(12-7)5-11-9-3-4-16(13,14)6-9/h3-4,9,11H,5-6H2,1-2H3. The maximum absolute atomic E-state index is 11.1. The van der Waals surface area contributed by atoms with Crippen molar-refractivity contribution in [2.75, 3.05) is 5.75 Å². The van der Waals surface area contributed by atoms with Gasteiger partial charge < -0.3 is 9.73 Å². The van der Waals surface area contributed by atoms with Gasteiger partial charge in [0.15, 0.2) is 9.84 Å². The van der Waals surface area contributed by atoms with Gasteiger partial charge in [-0.05, 0) is 13.8 Å². The van der Waals surface area contributed by atoms with Crippen LogP contribution < -0.4 is 5.32 Å². The first-order chi connectivity index (χ1) is 7.46. The fourth-order valence-corrected chi connectivity index (χ4v) is 2.81. The third-order valence-electron chi connectivity index (χ3n) is 2.52. The van der Waals surface area contributed by atoms with E-state index in [-0.39, 0.29) is 11.8 Å². The Morgan fingerprint density at radius 2 is 2.31 bits per heavy atom. The van der Waals surface area contributed by atoms with E-state index in [9.17, 15) is 8.42 Å². The molecule has 2 heterocycles. The topological polar surface area (TPSA) is 72.2 Å². The second kappa shape index (κ2) is 4.03. The van der Waals surface area contributed by atoms with Crippen LogP contribution in [0.2, 0.25) is 0 Å². The van der Waals surface area contributed by atoms with Crippen LogP contribution in [0.5, 0.6) is 0 Å². The lowest BCUT2D eigenvalue weighted by molar-refractivity contribution is 0.442.